The molecule has 0 aromatic rings. The summed E-state index contributed by atoms with van der Waals surface area (Å²) in [6, 6.07) is 1.50. The van der Waals surface area contributed by atoms with E-state index in [-0.39, 0.29) is 0 Å². The third kappa shape index (κ3) is 2.96. The van der Waals surface area contributed by atoms with Gasteiger partial charge in [0.1, 0.15) is 0 Å². The van der Waals surface area contributed by atoms with Crippen molar-refractivity contribution in [2.45, 2.75) is 58.5 Å². The molecule has 2 N–H and O–H groups in total. The highest BCUT2D eigenvalue weighted by Gasteiger charge is 2.27. The van der Waals surface area contributed by atoms with E-state index in [2.05, 4.69) is 25.7 Å². The van der Waals surface area contributed by atoms with Crippen molar-refractivity contribution in [3.63, 3.8) is 0 Å². The van der Waals surface area contributed by atoms with Gasteiger partial charge in [-0.05, 0) is 45.6 Å². The summed E-state index contributed by atoms with van der Waals surface area (Å²) in [5.41, 5.74) is 5.76. The van der Waals surface area contributed by atoms with Gasteiger partial charge in [-0.3, -0.25) is 4.90 Å². The van der Waals surface area contributed by atoms with Crippen molar-refractivity contribution in [1.82, 2.24) is 4.90 Å². The summed E-state index contributed by atoms with van der Waals surface area (Å²) in [5.74, 6) is 0.741. The van der Waals surface area contributed by atoms with E-state index in [9.17, 15) is 0 Å². The number of nitrogens with zero attached hydrogens (tertiary/aromatic N) is 1. The second-order valence-corrected chi connectivity index (χ2v) is 4.86. The van der Waals surface area contributed by atoms with Crippen molar-refractivity contribution >= 4 is 0 Å². The van der Waals surface area contributed by atoms with Gasteiger partial charge >= 0.3 is 0 Å². The van der Waals surface area contributed by atoms with Gasteiger partial charge in [0.2, 0.25) is 0 Å². The van der Waals surface area contributed by atoms with Crippen LogP contribution in [0.5, 0.6) is 0 Å². The van der Waals surface area contributed by atoms with Gasteiger partial charge in [0.15, 0.2) is 0 Å². The van der Waals surface area contributed by atoms with Crippen LogP contribution >= 0.6 is 0 Å². The molecular formula is C12H26N2. The van der Waals surface area contributed by atoms with E-state index in [4.69, 9.17) is 5.73 Å². The minimum Gasteiger partial charge on any atom is -0.330 e. The zero-order chi connectivity index (χ0) is 10.6. The van der Waals surface area contributed by atoms with Crippen LogP contribution < -0.4 is 5.73 Å². The lowest BCUT2D eigenvalue weighted by molar-refractivity contribution is 0.0772. The fraction of sp³-hybridized carbons (Fsp3) is 1.00. The maximum atomic E-state index is 5.76. The Morgan fingerprint density at radius 3 is 2.71 bits per heavy atom. The number of rotatable bonds is 4. The van der Waals surface area contributed by atoms with E-state index >= 15 is 0 Å². The first-order valence-corrected chi connectivity index (χ1v) is 6.14. The SMILES string of the molecule is CCCC(C)N1CC(CN)CCC1C. The zero-order valence-electron chi connectivity index (χ0n) is 10.00. The van der Waals surface area contributed by atoms with E-state index in [0.717, 1.165) is 24.5 Å². The Bertz CT molecular complexity index is 158. The first kappa shape index (κ1) is 12.0. The van der Waals surface area contributed by atoms with Crippen LogP contribution in [0.1, 0.15) is 46.5 Å². The smallest absolute Gasteiger partial charge is 0.00699 e. The van der Waals surface area contributed by atoms with Crippen molar-refractivity contribution in [1.29, 1.82) is 0 Å². The first-order chi connectivity index (χ1) is 6.69. The minimum atomic E-state index is 0.740. The first-order valence-electron chi connectivity index (χ1n) is 6.14. The molecule has 0 aromatic heterocycles. The van der Waals surface area contributed by atoms with Crippen LogP contribution in [0.4, 0.5) is 0 Å². The fourth-order valence-electron chi connectivity index (χ4n) is 2.60. The maximum Gasteiger partial charge on any atom is 0.00699 e. The standard InChI is InChI=1S/C12H26N2/c1-4-5-10(2)14-9-12(8-13)7-6-11(14)3/h10-12H,4-9,13H2,1-3H3. The van der Waals surface area contributed by atoms with Gasteiger partial charge in [-0.2, -0.15) is 0 Å². The van der Waals surface area contributed by atoms with Crippen LogP contribution in [-0.4, -0.2) is 30.1 Å². The summed E-state index contributed by atoms with van der Waals surface area (Å²) in [7, 11) is 0. The van der Waals surface area contributed by atoms with Crippen molar-refractivity contribution in [3.05, 3.63) is 0 Å². The molecule has 0 radical (unpaired) electrons. The summed E-state index contributed by atoms with van der Waals surface area (Å²) in [6.07, 6.45) is 5.27. The zero-order valence-corrected chi connectivity index (χ0v) is 10.00. The van der Waals surface area contributed by atoms with E-state index in [1.165, 1.54) is 32.2 Å². The van der Waals surface area contributed by atoms with Gasteiger partial charge in [0.05, 0.1) is 0 Å². The van der Waals surface area contributed by atoms with Gasteiger partial charge < -0.3 is 5.73 Å². The molecule has 1 rings (SSSR count). The molecule has 0 spiro atoms. The summed E-state index contributed by atoms with van der Waals surface area (Å²) in [5, 5.41) is 0. The minimum absolute atomic E-state index is 0.740. The molecule has 2 heteroatoms. The predicted molar refractivity (Wildman–Crippen MR) is 62.3 cm³/mol. The largest absolute Gasteiger partial charge is 0.330 e. The average molecular weight is 198 g/mol. The van der Waals surface area contributed by atoms with Gasteiger partial charge in [0, 0.05) is 18.6 Å². The lowest BCUT2D eigenvalue weighted by Crippen LogP contribution is -2.48. The number of hydrogen-bond donors (Lipinski definition) is 1. The van der Waals surface area contributed by atoms with E-state index in [1.807, 2.05) is 0 Å². The molecule has 0 aliphatic carbocycles. The number of piperidine rings is 1. The van der Waals surface area contributed by atoms with Crippen LogP contribution in [0.2, 0.25) is 0 Å². The van der Waals surface area contributed by atoms with Crippen molar-refractivity contribution < 1.29 is 0 Å². The van der Waals surface area contributed by atoms with Crippen molar-refractivity contribution in [2.24, 2.45) is 11.7 Å². The average Bonchev–Trinajstić information content (AvgIpc) is 2.19. The topological polar surface area (TPSA) is 29.3 Å². The van der Waals surface area contributed by atoms with Crippen LogP contribution in [-0.2, 0) is 0 Å². The monoisotopic (exact) mass is 198 g/mol. The molecule has 0 amide bonds. The summed E-state index contributed by atoms with van der Waals surface area (Å²) < 4.78 is 0. The highest BCUT2D eigenvalue weighted by atomic mass is 15.2. The fourth-order valence-corrected chi connectivity index (χ4v) is 2.60. The third-order valence-corrected chi connectivity index (χ3v) is 3.63. The number of hydrogen-bond acceptors (Lipinski definition) is 2. The molecule has 84 valence electrons. The summed E-state index contributed by atoms with van der Waals surface area (Å²) in [6.45, 7) is 9.07. The van der Waals surface area contributed by atoms with E-state index in [1.54, 1.807) is 0 Å². The molecule has 1 saturated heterocycles. The van der Waals surface area contributed by atoms with E-state index in [0.29, 0.717) is 0 Å². The number of nitrogens with two attached hydrogens (primary N) is 1. The van der Waals surface area contributed by atoms with Crippen LogP contribution in [0.15, 0.2) is 0 Å². The Hall–Kier alpha value is -0.0800. The predicted octanol–water partition coefficient (Wildman–Crippen LogP) is 2.23. The van der Waals surface area contributed by atoms with Gasteiger partial charge in [-0.15, -0.1) is 0 Å². The van der Waals surface area contributed by atoms with Crippen LogP contribution in [0.25, 0.3) is 0 Å². The summed E-state index contributed by atoms with van der Waals surface area (Å²) >= 11 is 0. The van der Waals surface area contributed by atoms with Crippen LogP contribution in [0, 0.1) is 5.92 Å². The Kier molecular flexibility index (Phi) is 4.90. The Balaban J connectivity index is 2.46. The van der Waals surface area contributed by atoms with Crippen molar-refractivity contribution in [3.8, 4) is 0 Å². The van der Waals surface area contributed by atoms with Gasteiger partial charge in [-0.25, -0.2) is 0 Å². The highest BCUT2D eigenvalue weighted by molar-refractivity contribution is 4.82. The molecule has 2 nitrogen and oxygen atoms in total. The lowest BCUT2D eigenvalue weighted by atomic mass is 9.91. The molecule has 1 aliphatic heterocycles. The second-order valence-electron chi connectivity index (χ2n) is 4.86. The van der Waals surface area contributed by atoms with Gasteiger partial charge in [0.25, 0.3) is 0 Å². The molecule has 1 heterocycles. The quantitative estimate of drug-likeness (QED) is 0.750. The molecule has 1 aliphatic rings. The molecule has 0 bridgehead atoms. The maximum absolute atomic E-state index is 5.76. The molecular weight excluding hydrogens is 172 g/mol. The molecule has 3 unspecified atom stereocenters. The second kappa shape index (κ2) is 5.72. The third-order valence-electron chi connectivity index (χ3n) is 3.63. The van der Waals surface area contributed by atoms with Crippen molar-refractivity contribution in [2.75, 3.05) is 13.1 Å². The highest BCUT2D eigenvalue weighted by Crippen LogP contribution is 2.24. The normalized spacial score (nSPS) is 31.7. The molecule has 0 saturated carbocycles. The Morgan fingerprint density at radius 1 is 1.43 bits per heavy atom. The molecule has 3 atom stereocenters. The molecule has 1 fully saturated rings. The van der Waals surface area contributed by atoms with Gasteiger partial charge in [-0.1, -0.05) is 13.3 Å². The Labute approximate surface area is 88.8 Å². The molecule has 0 aromatic carbocycles. The van der Waals surface area contributed by atoms with Crippen LogP contribution in [0.3, 0.4) is 0 Å². The lowest BCUT2D eigenvalue weighted by Gasteiger charge is -2.41. The number of likely N-dealkylation sites (tertiary alicyclic amines) is 1. The molecule has 14 heavy (non-hydrogen) atoms. The van der Waals surface area contributed by atoms with E-state index < -0.39 is 0 Å². The summed E-state index contributed by atoms with van der Waals surface area (Å²) in [4.78, 5) is 2.66. The Morgan fingerprint density at radius 2 is 2.14 bits per heavy atom.